The summed E-state index contributed by atoms with van der Waals surface area (Å²) < 4.78 is 33.4. The van der Waals surface area contributed by atoms with Crippen LogP contribution in [0.3, 0.4) is 0 Å². The number of fused-ring (bicyclic) bond motifs is 1. The number of hydrogen-bond donors (Lipinski definition) is 1. The first-order chi connectivity index (χ1) is 15.3. The smallest absolute Gasteiger partial charge is 0.310 e. The highest BCUT2D eigenvalue weighted by atomic mass is 19.3. The Morgan fingerprint density at radius 3 is 2.69 bits per heavy atom. The summed E-state index contributed by atoms with van der Waals surface area (Å²) >= 11 is 0. The number of nitrogens with zero attached hydrogens (tertiary/aromatic N) is 4. The molecule has 32 heavy (non-hydrogen) atoms. The minimum Gasteiger partial charge on any atom is -0.486 e. The van der Waals surface area contributed by atoms with Gasteiger partial charge in [0.15, 0.2) is 12.4 Å². The van der Waals surface area contributed by atoms with Gasteiger partial charge in [-0.15, -0.1) is 5.10 Å². The van der Waals surface area contributed by atoms with Gasteiger partial charge in [-0.2, -0.15) is 13.9 Å². The number of ether oxygens (including phenoxy) is 1. The fourth-order valence-electron chi connectivity index (χ4n) is 4.15. The molecule has 0 atom stereocenters. The zero-order valence-electron chi connectivity index (χ0n) is 18.8. The molecule has 0 bridgehead atoms. The maximum Gasteiger partial charge on any atom is 0.310 e. The molecule has 3 heterocycles. The van der Waals surface area contributed by atoms with Crippen LogP contribution in [-0.2, 0) is 12.5 Å². The molecule has 8 heteroatoms. The van der Waals surface area contributed by atoms with Gasteiger partial charge in [0, 0.05) is 54.4 Å². The number of allylic oxidation sites excluding steroid dienone is 1. The van der Waals surface area contributed by atoms with Crippen LogP contribution in [0.2, 0.25) is 0 Å². The summed E-state index contributed by atoms with van der Waals surface area (Å²) in [6, 6.07) is 4.84. The lowest BCUT2D eigenvalue weighted by molar-refractivity contribution is -0.0214. The minimum absolute atomic E-state index is 0.0652. The number of piperazine rings is 1. The van der Waals surface area contributed by atoms with E-state index < -0.39 is 12.5 Å². The average Bonchev–Trinajstić information content (AvgIpc) is 3.09. The van der Waals surface area contributed by atoms with Crippen molar-refractivity contribution in [1.82, 2.24) is 20.0 Å². The third-order valence-electron chi connectivity index (χ3n) is 6.08. The molecule has 1 aromatic heterocycles. The van der Waals surface area contributed by atoms with Gasteiger partial charge in [-0.25, -0.2) is 0 Å². The van der Waals surface area contributed by atoms with Crippen LogP contribution >= 0.6 is 0 Å². The van der Waals surface area contributed by atoms with Crippen LogP contribution in [0.1, 0.15) is 23.7 Å². The van der Waals surface area contributed by atoms with Crippen molar-refractivity contribution >= 4 is 18.0 Å². The summed E-state index contributed by atoms with van der Waals surface area (Å²) in [7, 11) is 2.12. The van der Waals surface area contributed by atoms with E-state index in [-0.39, 0.29) is 11.3 Å². The molecule has 1 fully saturated rings. The van der Waals surface area contributed by atoms with Crippen molar-refractivity contribution in [2.45, 2.75) is 26.3 Å². The molecule has 0 amide bonds. The number of aryl methyl sites for hydroxylation is 1. The van der Waals surface area contributed by atoms with Crippen molar-refractivity contribution in [2.24, 2.45) is 0 Å². The Morgan fingerprint density at radius 1 is 1.22 bits per heavy atom. The molecule has 0 saturated carbocycles. The SMILES string of the molecule is C=C(/C=c1/c(NCc2cccc3c2OCC3(F)F)nnc(C)/c1=C/C)N1CCN(C)CC1. The Labute approximate surface area is 186 Å². The molecule has 0 aliphatic carbocycles. The number of rotatable bonds is 5. The quantitative estimate of drug-likeness (QED) is 0.768. The summed E-state index contributed by atoms with van der Waals surface area (Å²) in [6.07, 6.45) is 4.03. The number of benzene rings is 1. The maximum atomic E-state index is 14.0. The second kappa shape index (κ2) is 8.86. The number of hydrogen-bond acceptors (Lipinski definition) is 6. The number of anilines is 1. The van der Waals surface area contributed by atoms with Gasteiger partial charge < -0.3 is 19.9 Å². The fourth-order valence-corrected chi connectivity index (χ4v) is 4.15. The van der Waals surface area contributed by atoms with Crippen molar-refractivity contribution in [3.05, 3.63) is 57.7 Å². The standard InChI is InChI=1S/C24H29F2N5O/c1-5-19-17(3)28-29-23(20(19)13-16(2)31-11-9-30(4)10-12-31)27-14-18-7-6-8-21-22(18)32-15-24(21,25)26/h5-8,13H,2,9-12,14-15H2,1,3-4H3,(H,27,29)/b19-5-,20-13+. The first-order valence-corrected chi connectivity index (χ1v) is 10.8. The molecule has 2 aromatic rings. The molecule has 6 nitrogen and oxygen atoms in total. The van der Waals surface area contributed by atoms with Gasteiger partial charge in [-0.1, -0.05) is 24.8 Å². The third kappa shape index (κ3) is 4.32. The summed E-state index contributed by atoms with van der Waals surface area (Å²) in [6.45, 7) is 11.6. The van der Waals surface area contributed by atoms with Crippen LogP contribution in [0.25, 0.3) is 12.2 Å². The Hall–Kier alpha value is -3.00. The topological polar surface area (TPSA) is 53.5 Å². The van der Waals surface area contributed by atoms with Crippen LogP contribution in [-0.4, -0.2) is 59.8 Å². The highest BCUT2D eigenvalue weighted by Crippen LogP contribution is 2.43. The second-order valence-electron chi connectivity index (χ2n) is 8.32. The van der Waals surface area contributed by atoms with Crippen molar-refractivity contribution in [3.63, 3.8) is 0 Å². The van der Waals surface area contributed by atoms with Crippen LogP contribution < -0.4 is 20.5 Å². The monoisotopic (exact) mass is 441 g/mol. The van der Waals surface area contributed by atoms with Gasteiger partial charge >= 0.3 is 5.92 Å². The van der Waals surface area contributed by atoms with E-state index in [2.05, 4.69) is 38.9 Å². The zero-order chi connectivity index (χ0) is 22.9. The van der Waals surface area contributed by atoms with Gasteiger partial charge in [-0.05, 0) is 33.0 Å². The van der Waals surface area contributed by atoms with E-state index in [9.17, 15) is 8.78 Å². The van der Waals surface area contributed by atoms with E-state index in [0.29, 0.717) is 17.9 Å². The minimum atomic E-state index is -2.96. The van der Waals surface area contributed by atoms with Crippen LogP contribution in [0, 0.1) is 6.92 Å². The molecule has 1 saturated heterocycles. The highest BCUT2D eigenvalue weighted by Gasteiger charge is 2.42. The first kappa shape index (κ1) is 22.2. The summed E-state index contributed by atoms with van der Waals surface area (Å²) in [5.41, 5.74) is 2.33. The molecule has 1 aromatic carbocycles. The Kier molecular flexibility index (Phi) is 6.15. The van der Waals surface area contributed by atoms with Crippen molar-refractivity contribution in [3.8, 4) is 5.75 Å². The first-order valence-electron chi connectivity index (χ1n) is 10.8. The largest absolute Gasteiger partial charge is 0.486 e. The normalized spacial score (nSPS) is 19.1. The molecular formula is C24H29F2N5O. The van der Waals surface area contributed by atoms with Crippen LogP contribution in [0.4, 0.5) is 14.6 Å². The summed E-state index contributed by atoms with van der Waals surface area (Å²) in [5.74, 6) is -2.13. The zero-order valence-corrected chi connectivity index (χ0v) is 18.8. The predicted molar refractivity (Wildman–Crippen MR) is 122 cm³/mol. The number of alkyl halides is 2. The van der Waals surface area contributed by atoms with Crippen molar-refractivity contribution < 1.29 is 13.5 Å². The van der Waals surface area contributed by atoms with Crippen molar-refractivity contribution in [1.29, 1.82) is 0 Å². The lowest BCUT2D eigenvalue weighted by atomic mass is 10.1. The summed E-state index contributed by atoms with van der Waals surface area (Å²) in [4.78, 5) is 4.56. The highest BCUT2D eigenvalue weighted by molar-refractivity contribution is 5.55. The second-order valence-corrected chi connectivity index (χ2v) is 8.32. The van der Waals surface area contributed by atoms with E-state index in [4.69, 9.17) is 4.74 Å². The van der Waals surface area contributed by atoms with E-state index in [1.807, 2.05) is 26.0 Å². The predicted octanol–water partition coefficient (Wildman–Crippen LogP) is 2.22. The maximum absolute atomic E-state index is 14.0. The molecule has 2 aliphatic heterocycles. The van der Waals surface area contributed by atoms with Gasteiger partial charge in [0.1, 0.15) is 5.75 Å². The molecule has 4 rings (SSSR count). The lowest BCUT2D eigenvalue weighted by Gasteiger charge is -2.34. The molecule has 0 radical (unpaired) electrons. The molecular weight excluding hydrogens is 412 g/mol. The van der Waals surface area contributed by atoms with E-state index in [1.165, 1.54) is 6.07 Å². The van der Waals surface area contributed by atoms with E-state index in [0.717, 1.165) is 48.0 Å². The van der Waals surface area contributed by atoms with Gasteiger partial charge in [0.2, 0.25) is 0 Å². The number of halogens is 2. The number of nitrogens with one attached hydrogen (secondary N) is 1. The number of para-hydroxylation sites is 1. The molecule has 0 unspecified atom stereocenters. The lowest BCUT2D eigenvalue weighted by Crippen LogP contribution is -2.44. The molecule has 2 aliphatic rings. The number of aromatic nitrogens is 2. The van der Waals surface area contributed by atoms with Crippen molar-refractivity contribution in [2.75, 3.05) is 45.2 Å². The van der Waals surface area contributed by atoms with E-state index in [1.54, 1.807) is 12.1 Å². The Bertz CT molecular complexity index is 1140. The average molecular weight is 442 g/mol. The molecule has 170 valence electrons. The van der Waals surface area contributed by atoms with E-state index >= 15 is 0 Å². The van der Waals surface area contributed by atoms with Crippen LogP contribution in [0.5, 0.6) is 5.75 Å². The Morgan fingerprint density at radius 2 is 1.97 bits per heavy atom. The third-order valence-corrected chi connectivity index (χ3v) is 6.08. The van der Waals surface area contributed by atoms with Gasteiger partial charge in [0.25, 0.3) is 0 Å². The molecule has 1 N–H and O–H groups in total. The van der Waals surface area contributed by atoms with Gasteiger partial charge in [-0.3, -0.25) is 0 Å². The molecule has 0 spiro atoms. The number of likely N-dealkylation sites (N-methyl/N-ethyl adjacent to an activating group) is 1. The van der Waals surface area contributed by atoms with Crippen LogP contribution in [0.15, 0.2) is 30.5 Å². The fraction of sp³-hybridized carbons (Fsp3) is 0.417. The Balaban J connectivity index is 1.65. The van der Waals surface area contributed by atoms with Gasteiger partial charge in [0.05, 0.1) is 11.3 Å². The summed E-state index contributed by atoms with van der Waals surface area (Å²) in [5, 5.41) is 13.8.